The van der Waals surface area contributed by atoms with Crippen molar-refractivity contribution in [2.24, 2.45) is 0 Å². The number of H-pyrrole nitrogens is 1. The van der Waals surface area contributed by atoms with E-state index in [9.17, 15) is 0 Å². The molecule has 0 aliphatic heterocycles. The average Bonchev–Trinajstić information content (AvgIpc) is 3.22. The normalized spacial score (nSPS) is 16.3. The molecule has 0 amide bonds. The number of rotatable bonds is 4. The molecule has 1 aromatic heterocycles. The summed E-state index contributed by atoms with van der Waals surface area (Å²) in [7, 11) is 0. The number of nitrogens with zero attached hydrogens (tertiary/aromatic N) is 1. The van der Waals surface area contributed by atoms with Crippen LogP contribution in [0.4, 0.5) is 0 Å². The molecule has 0 bridgehead atoms. The fourth-order valence-corrected chi connectivity index (χ4v) is 3.59. The third kappa shape index (κ3) is 2.76. The minimum Gasteiger partial charge on any atom is -0.306 e. The zero-order chi connectivity index (χ0) is 16.5. The Morgan fingerprint density at radius 3 is 2.88 bits per heavy atom. The van der Waals surface area contributed by atoms with Crippen molar-refractivity contribution in [1.29, 1.82) is 0 Å². The SMILES string of the molecule is Cc1ccc(-c2[nH]ncc2CNC2CCc3ccccc32)cc1C. The van der Waals surface area contributed by atoms with E-state index in [1.165, 1.54) is 46.2 Å². The lowest BCUT2D eigenvalue weighted by atomic mass is 10.0. The molecule has 3 nitrogen and oxygen atoms in total. The van der Waals surface area contributed by atoms with Crippen LogP contribution in [0.3, 0.4) is 0 Å². The maximum absolute atomic E-state index is 4.28. The molecular weight excluding hydrogens is 294 g/mol. The summed E-state index contributed by atoms with van der Waals surface area (Å²) >= 11 is 0. The van der Waals surface area contributed by atoms with Gasteiger partial charge in [0.2, 0.25) is 0 Å². The number of benzene rings is 2. The van der Waals surface area contributed by atoms with Gasteiger partial charge in [-0.05, 0) is 55.0 Å². The lowest BCUT2D eigenvalue weighted by Gasteiger charge is -2.14. The van der Waals surface area contributed by atoms with Crippen molar-refractivity contribution in [2.75, 3.05) is 0 Å². The molecular formula is C21H23N3. The first-order chi connectivity index (χ1) is 11.7. The Kier molecular flexibility index (Phi) is 3.95. The first kappa shape index (κ1) is 15.2. The summed E-state index contributed by atoms with van der Waals surface area (Å²) in [6, 6.07) is 15.8. The van der Waals surface area contributed by atoms with Gasteiger partial charge >= 0.3 is 0 Å². The summed E-state index contributed by atoms with van der Waals surface area (Å²) in [5, 5.41) is 11.2. The number of hydrogen-bond acceptors (Lipinski definition) is 2. The van der Waals surface area contributed by atoms with Gasteiger partial charge in [0.15, 0.2) is 0 Å². The molecule has 2 N–H and O–H groups in total. The van der Waals surface area contributed by atoms with Crippen molar-refractivity contribution >= 4 is 0 Å². The van der Waals surface area contributed by atoms with Crippen LogP contribution in [0.1, 0.15) is 40.3 Å². The van der Waals surface area contributed by atoms with Gasteiger partial charge in [-0.1, -0.05) is 36.4 Å². The molecule has 1 atom stereocenters. The predicted octanol–water partition coefficient (Wildman–Crippen LogP) is 4.47. The highest BCUT2D eigenvalue weighted by Gasteiger charge is 2.21. The number of aryl methyl sites for hydroxylation is 3. The van der Waals surface area contributed by atoms with Crippen molar-refractivity contribution < 1.29 is 0 Å². The summed E-state index contributed by atoms with van der Waals surface area (Å²) in [6.45, 7) is 5.13. The van der Waals surface area contributed by atoms with Crippen LogP contribution in [-0.2, 0) is 13.0 Å². The maximum Gasteiger partial charge on any atom is 0.0695 e. The Morgan fingerprint density at radius 1 is 1.12 bits per heavy atom. The lowest BCUT2D eigenvalue weighted by molar-refractivity contribution is 0.531. The summed E-state index contributed by atoms with van der Waals surface area (Å²) in [5.74, 6) is 0. The minimum atomic E-state index is 0.448. The Hall–Kier alpha value is -2.39. The van der Waals surface area contributed by atoms with Gasteiger partial charge < -0.3 is 5.32 Å². The molecule has 0 spiro atoms. The molecule has 3 aromatic rings. The first-order valence-corrected chi connectivity index (χ1v) is 8.63. The number of aromatic amines is 1. The molecule has 0 saturated heterocycles. The second-order valence-electron chi connectivity index (χ2n) is 6.74. The molecule has 0 saturated carbocycles. The first-order valence-electron chi connectivity index (χ1n) is 8.63. The largest absolute Gasteiger partial charge is 0.306 e. The van der Waals surface area contributed by atoms with Crippen molar-refractivity contribution in [1.82, 2.24) is 15.5 Å². The van der Waals surface area contributed by atoms with Crippen molar-refractivity contribution in [3.63, 3.8) is 0 Å². The summed E-state index contributed by atoms with van der Waals surface area (Å²) in [5.41, 5.74) is 9.12. The molecule has 0 radical (unpaired) electrons. The highest BCUT2D eigenvalue weighted by atomic mass is 15.1. The Balaban J connectivity index is 1.53. The second kappa shape index (κ2) is 6.25. The van der Waals surface area contributed by atoms with Crippen molar-refractivity contribution in [2.45, 2.75) is 39.3 Å². The zero-order valence-electron chi connectivity index (χ0n) is 14.3. The van der Waals surface area contributed by atoms with Gasteiger partial charge in [-0.3, -0.25) is 5.10 Å². The third-order valence-electron chi connectivity index (χ3n) is 5.19. The zero-order valence-corrected chi connectivity index (χ0v) is 14.3. The second-order valence-corrected chi connectivity index (χ2v) is 6.74. The molecule has 0 fully saturated rings. The molecule has 1 aliphatic carbocycles. The number of hydrogen-bond donors (Lipinski definition) is 2. The van der Waals surface area contributed by atoms with E-state index in [0.29, 0.717) is 6.04 Å². The average molecular weight is 317 g/mol. The van der Waals surface area contributed by atoms with E-state index in [1.807, 2.05) is 6.20 Å². The third-order valence-corrected chi connectivity index (χ3v) is 5.19. The smallest absolute Gasteiger partial charge is 0.0695 e. The monoisotopic (exact) mass is 317 g/mol. The molecule has 1 unspecified atom stereocenters. The van der Waals surface area contributed by atoms with Gasteiger partial charge in [-0.15, -0.1) is 0 Å². The van der Waals surface area contributed by atoms with Crippen LogP contribution in [-0.4, -0.2) is 10.2 Å². The van der Waals surface area contributed by atoms with Crippen LogP contribution in [0.5, 0.6) is 0 Å². The van der Waals surface area contributed by atoms with Crippen LogP contribution < -0.4 is 5.32 Å². The van der Waals surface area contributed by atoms with E-state index in [0.717, 1.165) is 12.2 Å². The van der Waals surface area contributed by atoms with Crippen LogP contribution in [0.2, 0.25) is 0 Å². The Bertz CT molecular complexity index is 863. The minimum absolute atomic E-state index is 0.448. The fourth-order valence-electron chi connectivity index (χ4n) is 3.59. The van der Waals surface area contributed by atoms with Gasteiger partial charge in [0, 0.05) is 23.7 Å². The molecule has 2 aromatic carbocycles. The lowest BCUT2D eigenvalue weighted by Crippen LogP contribution is -2.18. The van der Waals surface area contributed by atoms with Gasteiger partial charge in [-0.25, -0.2) is 0 Å². The molecule has 1 heterocycles. The number of fused-ring (bicyclic) bond motifs is 1. The standard InChI is InChI=1S/C21H23N3/c1-14-7-8-17(11-15(14)2)21-18(13-23-24-21)12-22-20-10-9-16-5-3-4-6-19(16)20/h3-8,11,13,20,22H,9-10,12H2,1-2H3,(H,23,24). The van der Waals surface area contributed by atoms with Gasteiger partial charge in [-0.2, -0.15) is 5.10 Å². The van der Waals surface area contributed by atoms with E-state index in [2.05, 4.69) is 71.8 Å². The van der Waals surface area contributed by atoms with E-state index >= 15 is 0 Å². The molecule has 122 valence electrons. The highest BCUT2D eigenvalue weighted by molar-refractivity contribution is 5.64. The van der Waals surface area contributed by atoms with Crippen molar-refractivity contribution in [3.8, 4) is 11.3 Å². The predicted molar refractivity (Wildman–Crippen MR) is 97.8 cm³/mol. The fraction of sp³-hybridized carbons (Fsp3) is 0.286. The maximum atomic E-state index is 4.28. The number of nitrogens with one attached hydrogen (secondary N) is 2. The highest BCUT2D eigenvalue weighted by Crippen LogP contribution is 2.31. The van der Waals surface area contributed by atoms with Gasteiger partial charge in [0.05, 0.1) is 11.9 Å². The van der Waals surface area contributed by atoms with Gasteiger partial charge in [0.1, 0.15) is 0 Å². The van der Waals surface area contributed by atoms with E-state index in [1.54, 1.807) is 0 Å². The Labute approximate surface area is 143 Å². The van der Waals surface area contributed by atoms with Gasteiger partial charge in [0.25, 0.3) is 0 Å². The summed E-state index contributed by atoms with van der Waals surface area (Å²) in [6.07, 6.45) is 4.29. The topological polar surface area (TPSA) is 40.7 Å². The van der Waals surface area contributed by atoms with E-state index < -0.39 is 0 Å². The van der Waals surface area contributed by atoms with Crippen molar-refractivity contribution in [3.05, 3.63) is 76.5 Å². The van der Waals surface area contributed by atoms with Crippen LogP contribution in [0.15, 0.2) is 48.7 Å². The van der Waals surface area contributed by atoms with E-state index in [-0.39, 0.29) is 0 Å². The number of aromatic nitrogens is 2. The molecule has 24 heavy (non-hydrogen) atoms. The Morgan fingerprint density at radius 2 is 2.00 bits per heavy atom. The van der Waals surface area contributed by atoms with Crippen LogP contribution in [0, 0.1) is 13.8 Å². The van der Waals surface area contributed by atoms with E-state index in [4.69, 9.17) is 0 Å². The quantitative estimate of drug-likeness (QED) is 0.745. The molecule has 1 aliphatic rings. The van der Waals surface area contributed by atoms with Crippen LogP contribution >= 0.6 is 0 Å². The summed E-state index contributed by atoms with van der Waals surface area (Å²) in [4.78, 5) is 0. The summed E-state index contributed by atoms with van der Waals surface area (Å²) < 4.78 is 0. The van der Waals surface area contributed by atoms with Crippen LogP contribution in [0.25, 0.3) is 11.3 Å². The molecule has 4 rings (SSSR count). The molecule has 3 heteroatoms.